The molecule has 0 radical (unpaired) electrons. The van der Waals surface area contributed by atoms with Gasteiger partial charge in [0.15, 0.2) is 0 Å². The minimum absolute atomic E-state index is 0.0281. The fourth-order valence-electron chi connectivity index (χ4n) is 2.75. The van der Waals surface area contributed by atoms with E-state index in [-0.39, 0.29) is 17.3 Å². The van der Waals surface area contributed by atoms with Crippen molar-refractivity contribution in [3.8, 4) is 0 Å². The Morgan fingerprint density at radius 1 is 1.22 bits per heavy atom. The number of nitrogens with zero attached hydrogens (tertiary/aromatic N) is 1. The highest BCUT2D eigenvalue weighted by Gasteiger charge is 2.46. The third-order valence-corrected chi connectivity index (χ3v) is 5.90. The lowest BCUT2D eigenvalue weighted by molar-refractivity contribution is 0.251. The van der Waals surface area contributed by atoms with E-state index in [2.05, 4.69) is 20.3 Å². The number of nitrogens with one attached hydrogen (secondary N) is 3. The van der Waals surface area contributed by atoms with Crippen LogP contribution in [0.2, 0.25) is 0 Å². The number of hydrogen-bond acceptors (Lipinski definition) is 4. The van der Waals surface area contributed by atoms with Crippen LogP contribution >= 0.6 is 0 Å². The van der Waals surface area contributed by atoms with E-state index in [0.29, 0.717) is 18.4 Å². The van der Waals surface area contributed by atoms with Crippen LogP contribution in [0.4, 0.5) is 19.4 Å². The first-order valence-corrected chi connectivity index (χ1v) is 9.64. The molecule has 2 aromatic rings. The van der Waals surface area contributed by atoms with Crippen LogP contribution in [-0.2, 0) is 15.4 Å². The third-order valence-electron chi connectivity index (χ3n) is 4.50. The van der Waals surface area contributed by atoms with Gasteiger partial charge in [-0.25, -0.2) is 31.7 Å². The van der Waals surface area contributed by atoms with Crippen LogP contribution < -0.4 is 15.4 Å². The third kappa shape index (κ3) is 4.22. The number of pyridine rings is 1. The summed E-state index contributed by atoms with van der Waals surface area (Å²) in [5, 5.41) is 5.13. The number of sulfonamides is 1. The number of urea groups is 1. The van der Waals surface area contributed by atoms with Gasteiger partial charge < -0.3 is 5.32 Å². The molecule has 10 heteroatoms. The molecule has 27 heavy (non-hydrogen) atoms. The van der Waals surface area contributed by atoms with Crippen LogP contribution in [0.25, 0.3) is 0 Å². The minimum atomic E-state index is -3.61. The van der Waals surface area contributed by atoms with E-state index in [4.69, 9.17) is 0 Å². The molecular formula is C17H18F2N4O3S. The van der Waals surface area contributed by atoms with E-state index in [0.717, 1.165) is 12.3 Å². The highest BCUT2D eigenvalue weighted by Crippen LogP contribution is 2.48. The molecule has 0 saturated heterocycles. The molecule has 0 bridgehead atoms. The van der Waals surface area contributed by atoms with Crippen LogP contribution in [0.1, 0.15) is 18.4 Å². The normalized spacial score (nSPS) is 15.2. The monoisotopic (exact) mass is 396 g/mol. The Balaban J connectivity index is 1.60. The Morgan fingerprint density at radius 2 is 1.96 bits per heavy atom. The smallest absolute Gasteiger partial charge is 0.320 e. The molecule has 3 rings (SSSR count). The van der Waals surface area contributed by atoms with Crippen LogP contribution in [0, 0.1) is 11.6 Å². The molecule has 0 aliphatic heterocycles. The van der Waals surface area contributed by atoms with Crippen molar-refractivity contribution in [2.45, 2.75) is 23.2 Å². The zero-order valence-electron chi connectivity index (χ0n) is 14.4. The van der Waals surface area contributed by atoms with Crippen molar-refractivity contribution in [2.24, 2.45) is 0 Å². The molecule has 0 spiro atoms. The van der Waals surface area contributed by atoms with Crippen molar-refractivity contribution in [2.75, 3.05) is 18.9 Å². The summed E-state index contributed by atoms with van der Waals surface area (Å²) in [6, 6.07) is 5.55. The van der Waals surface area contributed by atoms with E-state index >= 15 is 0 Å². The summed E-state index contributed by atoms with van der Waals surface area (Å²) in [5.74, 6) is -1.11. The predicted octanol–water partition coefficient (Wildman–Crippen LogP) is 2.12. The van der Waals surface area contributed by atoms with Gasteiger partial charge in [-0.3, -0.25) is 5.32 Å². The maximum atomic E-state index is 14.0. The Labute approximate surface area is 155 Å². The Bertz CT molecular complexity index is 961. The fraction of sp³-hybridized carbons (Fsp3) is 0.294. The molecule has 1 aliphatic rings. The summed E-state index contributed by atoms with van der Waals surface area (Å²) >= 11 is 0. The summed E-state index contributed by atoms with van der Waals surface area (Å²) in [7, 11) is -2.32. The number of aromatic nitrogens is 1. The average Bonchev–Trinajstić information content (AvgIpc) is 3.41. The van der Waals surface area contributed by atoms with Crippen molar-refractivity contribution in [1.29, 1.82) is 0 Å². The molecule has 2 amide bonds. The van der Waals surface area contributed by atoms with Crippen molar-refractivity contribution in [3.05, 3.63) is 53.7 Å². The SMILES string of the molecule is CNS(=O)(=O)c1ccc(NC(=O)NCC2(c3ccc(F)cc3F)CC2)nc1. The van der Waals surface area contributed by atoms with E-state index < -0.39 is 33.1 Å². The molecule has 1 aliphatic carbocycles. The van der Waals surface area contributed by atoms with Gasteiger partial charge in [0.05, 0.1) is 0 Å². The van der Waals surface area contributed by atoms with Gasteiger partial charge in [0.2, 0.25) is 10.0 Å². The number of carbonyl (C=O) groups excluding carboxylic acids is 1. The largest absolute Gasteiger partial charge is 0.337 e. The molecule has 1 aromatic carbocycles. The summed E-state index contributed by atoms with van der Waals surface area (Å²) in [5.41, 5.74) is -0.156. The predicted molar refractivity (Wildman–Crippen MR) is 94.8 cm³/mol. The number of rotatable bonds is 6. The van der Waals surface area contributed by atoms with Crippen LogP contribution in [0.3, 0.4) is 0 Å². The molecule has 1 saturated carbocycles. The molecule has 3 N–H and O–H groups in total. The molecule has 1 aromatic heterocycles. The summed E-state index contributed by atoms with van der Waals surface area (Å²) in [6.45, 7) is 0.188. The van der Waals surface area contributed by atoms with Crippen LogP contribution in [0.15, 0.2) is 41.4 Å². The van der Waals surface area contributed by atoms with E-state index in [1.54, 1.807) is 0 Å². The lowest BCUT2D eigenvalue weighted by Crippen LogP contribution is -2.36. The number of amides is 2. The first-order chi connectivity index (χ1) is 12.8. The Hall–Kier alpha value is -2.59. The molecule has 144 valence electrons. The lowest BCUT2D eigenvalue weighted by atomic mass is 9.95. The zero-order valence-corrected chi connectivity index (χ0v) is 15.2. The number of hydrogen-bond donors (Lipinski definition) is 3. The first-order valence-electron chi connectivity index (χ1n) is 8.16. The van der Waals surface area contributed by atoms with Crippen LogP contribution in [-0.4, -0.2) is 33.0 Å². The zero-order chi connectivity index (χ0) is 19.7. The summed E-state index contributed by atoms with van der Waals surface area (Å²) in [6.07, 6.45) is 2.49. The Kier molecular flexibility index (Phi) is 5.11. The molecule has 7 nitrogen and oxygen atoms in total. The summed E-state index contributed by atoms with van der Waals surface area (Å²) < 4.78 is 52.5. The number of halogens is 2. The van der Waals surface area contributed by atoms with Gasteiger partial charge in [-0.2, -0.15) is 0 Å². The highest BCUT2D eigenvalue weighted by molar-refractivity contribution is 7.89. The van der Waals surface area contributed by atoms with Gasteiger partial charge in [-0.15, -0.1) is 0 Å². The second kappa shape index (κ2) is 7.20. The van der Waals surface area contributed by atoms with Crippen molar-refractivity contribution in [1.82, 2.24) is 15.0 Å². The first kappa shape index (κ1) is 19.2. The molecule has 1 fully saturated rings. The van der Waals surface area contributed by atoms with Crippen LogP contribution in [0.5, 0.6) is 0 Å². The number of benzene rings is 1. The Morgan fingerprint density at radius 3 is 2.52 bits per heavy atom. The molecule has 0 unspecified atom stereocenters. The molecular weight excluding hydrogens is 378 g/mol. The van der Waals surface area contributed by atoms with E-state index in [9.17, 15) is 22.0 Å². The second-order valence-electron chi connectivity index (χ2n) is 6.30. The van der Waals surface area contributed by atoms with Gasteiger partial charge in [0.1, 0.15) is 22.3 Å². The number of anilines is 1. The van der Waals surface area contributed by atoms with Gasteiger partial charge >= 0.3 is 6.03 Å². The van der Waals surface area contributed by atoms with E-state index in [1.165, 1.54) is 31.3 Å². The minimum Gasteiger partial charge on any atom is -0.337 e. The van der Waals surface area contributed by atoms with Gasteiger partial charge in [-0.1, -0.05) is 6.07 Å². The topological polar surface area (TPSA) is 100 Å². The van der Waals surface area contributed by atoms with Crippen molar-refractivity contribution in [3.63, 3.8) is 0 Å². The quantitative estimate of drug-likeness (QED) is 0.696. The van der Waals surface area contributed by atoms with Gasteiger partial charge in [-0.05, 0) is 43.7 Å². The van der Waals surface area contributed by atoms with Crippen molar-refractivity contribution >= 4 is 21.9 Å². The van der Waals surface area contributed by atoms with Gasteiger partial charge in [0, 0.05) is 24.2 Å². The lowest BCUT2D eigenvalue weighted by Gasteiger charge is -2.17. The highest BCUT2D eigenvalue weighted by atomic mass is 32.2. The fourth-order valence-corrected chi connectivity index (χ4v) is 3.43. The molecule has 0 atom stereocenters. The molecule has 1 heterocycles. The number of carbonyl (C=O) groups is 1. The average molecular weight is 396 g/mol. The maximum Gasteiger partial charge on any atom is 0.320 e. The van der Waals surface area contributed by atoms with Gasteiger partial charge in [0.25, 0.3) is 0 Å². The maximum absolute atomic E-state index is 14.0. The summed E-state index contributed by atoms with van der Waals surface area (Å²) in [4.78, 5) is 15.9. The second-order valence-corrected chi connectivity index (χ2v) is 8.19. The van der Waals surface area contributed by atoms with E-state index in [1.807, 2.05) is 0 Å². The standard InChI is InChI=1S/C17H18F2N4O3S/c1-20-27(25,26)12-3-5-15(21-9-12)23-16(24)22-10-17(6-7-17)13-4-2-11(18)8-14(13)19/h2-5,8-9,20H,6-7,10H2,1H3,(H2,21,22,23,24). The van der Waals surface area contributed by atoms with Crippen molar-refractivity contribution < 1.29 is 22.0 Å².